The monoisotopic (exact) mass is 169 g/mol. The second kappa shape index (κ2) is 4.63. The third-order valence-corrected chi connectivity index (χ3v) is 2.61. The molecule has 1 aliphatic rings. The molecule has 70 valence electrons. The first-order valence-electron chi connectivity index (χ1n) is 4.66. The van der Waals surface area contributed by atoms with Gasteiger partial charge in [0.05, 0.1) is 0 Å². The van der Waals surface area contributed by atoms with E-state index >= 15 is 0 Å². The van der Waals surface area contributed by atoms with Gasteiger partial charge in [-0.05, 0) is 32.6 Å². The molecular formula is C10H19NO. The fourth-order valence-electron chi connectivity index (χ4n) is 1.70. The Balaban J connectivity index is 2.41. The largest absolute Gasteiger partial charge is 0.384 e. The van der Waals surface area contributed by atoms with Gasteiger partial charge in [0.15, 0.2) is 0 Å². The van der Waals surface area contributed by atoms with Crippen LogP contribution in [0.5, 0.6) is 0 Å². The quantitative estimate of drug-likeness (QED) is 0.654. The normalized spacial score (nSPS) is 27.8. The maximum Gasteiger partial charge on any atom is 0.0499 e. The summed E-state index contributed by atoms with van der Waals surface area (Å²) in [5.74, 6) is 0. The highest BCUT2D eigenvalue weighted by Crippen LogP contribution is 2.27. The van der Waals surface area contributed by atoms with E-state index in [1.807, 2.05) is 0 Å². The summed E-state index contributed by atoms with van der Waals surface area (Å²) in [7, 11) is 1.75. The lowest BCUT2D eigenvalue weighted by Gasteiger charge is -2.05. The van der Waals surface area contributed by atoms with Crippen molar-refractivity contribution in [3.8, 4) is 0 Å². The van der Waals surface area contributed by atoms with Gasteiger partial charge in [0.2, 0.25) is 0 Å². The zero-order valence-electron chi connectivity index (χ0n) is 8.10. The molecule has 1 unspecified atom stereocenters. The molecule has 1 saturated carbocycles. The number of hydrogen-bond acceptors (Lipinski definition) is 2. The molecule has 0 heterocycles. The molecule has 0 saturated heterocycles. The second-order valence-electron chi connectivity index (χ2n) is 3.63. The molecule has 2 nitrogen and oxygen atoms in total. The summed E-state index contributed by atoms with van der Waals surface area (Å²) in [6.07, 6.45) is 4.55. The maximum absolute atomic E-state index is 5.83. The third kappa shape index (κ3) is 2.61. The van der Waals surface area contributed by atoms with E-state index in [0.717, 1.165) is 19.4 Å². The fourth-order valence-corrected chi connectivity index (χ4v) is 1.70. The van der Waals surface area contributed by atoms with Gasteiger partial charge in [-0.15, -0.1) is 0 Å². The van der Waals surface area contributed by atoms with Gasteiger partial charge >= 0.3 is 0 Å². The van der Waals surface area contributed by atoms with Crippen molar-refractivity contribution in [1.82, 2.24) is 0 Å². The van der Waals surface area contributed by atoms with Crippen molar-refractivity contribution in [3.05, 3.63) is 11.1 Å². The second-order valence-corrected chi connectivity index (χ2v) is 3.63. The summed E-state index contributed by atoms with van der Waals surface area (Å²) < 4.78 is 5.03. The first kappa shape index (κ1) is 9.75. The number of hydrogen-bond donors (Lipinski definition) is 1. The summed E-state index contributed by atoms with van der Waals surface area (Å²) in [6, 6.07) is 0.414. The molecule has 1 fully saturated rings. The van der Waals surface area contributed by atoms with Gasteiger partial charge in [0.1, 0.15) is 0 Å². The summed E-state index contributed by atoms with van der Waals surface area (Å²) in [4.78, 5) is 0. The molecular weight excluding hydrogens is 150 g/mol. The maximum atomic E-state index is 5.83. The van der Waals surface area contributed by atoms with E-state index in [0.29, 0.717) is 6.04 Å². The fraction of sp³-hybridized carbons (Fsp3) is 0.800. The molecule has 2 heteroatoms. The Kier molecular flexibility index (Phi) is 3.76. The standard InChI is InChI=1S/C10H19NO/c1-8(5-6-12-2)9-3-4-10(11)7-9/h10H,3-7,11H2,1-2H3/b9-8-. The van der Waals surface area contributed by atoms with Crippen LogP contribution < -0.4 is 5.73 Å². The number of ether oxygens (including phenoxy) is 1. The zero-order valence-corrected chi connectivity index (χ0v) is 8.10. The van der Waals surface area contributed by atoms with E-state index < -0.39 is 0 Å². The molecule has 1 atom stereocenters. The van der Waals surface area contributed by atoms with Crippen LogP contribution in [0.15, 0.2) is 11.1 Å². The average Bonchev–Trinajstić information content (AvgIpc) is 2.47. The predicted molar refractivity (Wildman–Crippen MR) is 51.0 cm³/mol. The van der Waals surface area contributed by atoms with Crippen LogP contribution in [0, 0.1) is 0 Å². The highest BCUT2D eigenvalue weighted by Gasteiger charge is 2.16. The van der Waals surface area contributed by atoms with E-state index in [-0.39, 0.29) is 0 Å². The van der Waals surface area contributed by atoms with Crippen LogP contribution in [0.2, 0.25) is 0 Å². The van der Waals surface area contributed by atoms with Gasteiger partial charge in [-0.2, -0.15) is 0 Å². The lowest BCUT2D eigenvalue weighted by Crippen LogP contribution is -2.13. The Morgan fingerprint density at radius 2 is 2.42 bits per heavy atom. The van der Waals surface area contributed by atoms with E-state index in [4.69, 9.17) is 10.5 Å². The summed E-state index contributed by atoms with van der Waals surface area (Å²) in [5.41, 5.74) is 8.89. The predicted octanol–water partition coefficient (Wildman–Crippen LogP) is 1.85. The summed E-state index contributed by atoms with van der Waals surface area (Å²) >= 11 is 0. The Bertz CT molecular complexity index is 175. The SMILES string of the molecule is COCC/C(C)=C1/CCC(N)C1. The first-order valence-corrected chi connectivity index (χ1v) is 4.66. The van der Waals surface area contributed by atoms with Gasteiger partial charge in [-0.1, -0.05) is 11.1 Å². The van der Waals surface area contributed by atoms with Crippen LogP contribution >= 0.6 is 0 Å². The van der Waals surface area contributed by atoms with Gasteiger partial charge < -0.3 is 10.5 Å². The molecule has 2 N–H and O–H groups in total. The van der Waals surface area contributed by atoms with E-state index in [2.05, 4.69) is 6.92 Å². The summed E-state index contributed by atoms with van der Waals surface area (Å²) in [5, 5.41) is 0. The van der Waals surface area contributed by atoms with Crippen molar-refractivity contribution in [2.75, 3.05) is 13.7 Å². The minimum absolute atomic E-state index is 0.414. The molecule has 0 spiro atoms. The third-order valence-electron chi connectivity index (χ3n) is 2.61. The van der Waals surface area contributed by atoms with Crippen molar-refractivity contribution in [1.29, 1.82) is 0 Å². The molecule has 0 bridgehead atoms. The minimum Gasteiger partial charge on any atom is -0.384 e. The highest BCUT2D eigenvalue weighted by atomic mass is 16.5. The molecule has 0 aromatic carbocycles. The molecule has 0 amide bonds. The van der Waals surface area contributed by atoms with Crippen molar-refractivity contribution in [2.24, 2.45) is 5.73 Å². The smallest absolute Gasteiger partial charge is 0.0499 e. The Morgan fingerprint density at radius 3 is 2.92 bits per heavy atom. The molecule has 1 aliphatic carbocycles. The number of rotatable bonds is 3. The van der Waals surface area contributed by atoms with Crippen LogP contribution in [0.4, 0.5) is 0 Å². The lowest BCUT2D eigenvalue weighted by atomic mass is 10.1. The summed E-state index contributed by atoms with van der Waals surface area (Å²) in [6.45, 7) is 3.04. The highest BCUT2D eigenvalue weighted by molar-refractivity contribution is 5.17. The Labute approximate surface area is 74.8 Å². The zero-order chi connectivity index (χ0) is 8.97. The van der Waals surface area contributed by atoms with Gasteiger partial charge in [0.25, 0.3) is 0 Å². The van der Waals surface area contributed by atoms with Crippen molar-refractivity contribution >= 4 is 0 Å². The van der Waals surface area contributed by atoms with Crippen LogP contribution in [-0.2, 0) is 4.74 Å². The van der Waals surface area contributed by atoms with E-state index in [1.54, 1.807) is 12.7 Å². The molecule has 0 radical (unpaired) electrons. The number of methoxy groups -OCH3 is 1. The van der Waals surface area contributed by atoms with Crippen molar-refractivity contribution in [2.45, 2.75) is 38.6 Å². The molecule has 0 aromatic heterocycles. The average molecular weight is 169 g/mol. The Morgan fingerprint density at radius 1 is 1.67 bits per heavy atom. The van der Waals surface area contributed by atoms with E-state index in [1.165, 1.54) is 18.4 Å². The van der Waals surface area contributed by atoms with E-state index in [9.17, 15) is 0 Å². The van der Waals surface area contributed by atoms with Crippen molar-refractivity contribution in [3.63, 3.8) is 0 Å². The molecule has 12 heavy (non-hydrogen) atoms. The number of nitrogens with two attached hydrogens (primary N) is 1. The van der Waals surface area contributed by atoms with Gasteiger partial charge in [0, 0.05) is 19.8 Å². The van der Waals surface area contributed by atoms with Crippen LogP contribution in [-0.4, -0.2) is 19.8 Å². The van der Waals surface area contributed by atoms with Crippen LogP contribution in [0.25, 0.3) is 0 Å². The van der Waals surface area contributed by atoms with Crippen molar-refractivity contribution < 1.29 is 4.74 Å². The van der Waals surface area contributed by atoms with Gasteiger partial charge in [-0.25, -0.2) is 0 Å². The molecule has 0 aliphatic heterocycles. The molecule has 0 aromatic rings. The molecule has 1 rings (SSSR count). The first-order chi connectivity index (χ1) is 5.74. The van der Waals surface area contributed by atoms with Crippen LogP contribution in [0.3, 0.4) is 0 Å². The Hall–Kier alpha value is -0.340. The topological polar surface area (TPSA) is 35.2 Å². The minimum atomic E-state index is 0.414. The lowest BCUT2D eigenvalue weighted by molar-refractivity contribution is 0.202. The van der Waals surface area contributed by atoms with Gasteiger partial charge in [-0.3, -0.25) is 0 Å². The van der Waals surface area contributed by atoms with Crippen LogP contribution in [0.1, 0.15) is 32.6 Å².